The standard InChI is InChI=1S/C32H29ClN6O3/c1-21-9-10-23(16-22(21)11-12-25-19-35-29-8-3-4-14-39(25)29)31(41)34-13-15-38(2)32(42)28(37-20-40)17-24-18-36-30-26(24)6-5-7-27(30)33/h3-10,14,16,18-20,28,36H,13,15,17H2,1-2H3,(H,34,41)(H,37,40). The van der Waals surface area contributed by atoms with Crippen LogP contribution in [0.15, 0.2) is 73.2 Å². The van der Waals surface area contributed by atoms with E-state index in [0.29, 0.717) is 17.0 Å². The largest absolute Gasteiger partial charge is 0.360 e. The van der Waals surface area contributed by atoms with Crippen LogP contribution in [-0.4, -0.2) is 63.7 Å². The van der Waals surface area contributed by atoms with Gasteiger partial charge in [-0.05, 0) is 54.3 Å². The van der Waals surface area contributed by atoms with Crippen molar-refractivity contribution in [2.24, 2.45) is 0 Å². The fourth-order valence-corrected chi connectivity index (χ4v) is 4.96. The number of carbonyl (C=O) groups is 3. The highest BCUT2D eigenvalue weighted by Gasteiger charge is 2.23. The first-order valence-corrected chi connectivity index (χ1v) is 13.8. The van der Waals surface area contributed by atoms with E-state index in [1.807, 2.05) is 53.9 Å². The van der Waals surface area contributed by atoms with Crippen molar-refractivity contribution in [2.75, 3.05) is 20.1 Å². The number of hydrogen-bond acceptors (Lipinski definition) is 4. The maximum absolute atomic E-state index is 13.2. The molecule has 1 unspecified atom stereocenters. The normalized spacial score (nSPS) is 11.5. The molecule has 10 heteroatoms. The highest BCUT2D eigenvalue weighted by atomic mass is 35.5. The summed E-state index contributed by atoms with van der Waals surface area (Å²) in [6.07, 6.45) is 6.23. The van der Waals surface area contributed by atoms with Crippen LogP contribution < -0.4 is 10.6 Å². The van der Waals surface area contributed by atoms with Crippen molar-refractivity contribution in [3.63, 3.8) is 0 Å². The summed E-state index contributed by atoms with van der Waals surface area (Å²) in [5.74, 6) is 5.76. The second-order valence-corrected chi connectivity index (χ2v) is 10.3. The molecule has 3 aromatic heterocycles. The average Bonchev–Trinajstić information content (AvgIpc) is 3.61. The monoisotopic (exact) mass is 580 g/mol. The molecule has 1 atom stereocenters. The summed E-state index contributed by atoms with van der Waals surface area (Å²) in [6.45, 7) is 2.43. The number of carbonyl (C=O) groups excluding carboxylic acids is 3. The van der Waals surface area contributed by atoms with Gasteiger partial charge in [-0.2, -0.15) is 0 Å². The number of halogens is 1. The molecule has 0 aliphatic carbocycles. The molecule has 0 aliphatic heterocycles. The first kappa shape index (κ1) is 28.5. The maximum atomic E-state index is 13.2. The summed E-state index contributed by atoms with van der Waals surface area (Å²) in [4.78, 5) is 46.4. The maximum Gasteiger partial charge on any atom is 0.251 e. The Balaban J connectivity index is 1.20. The summed E-state index contributed by atoms with van der Waals surface area (Å²) >= 11 is 6.26. The van der Waals surface area contributed by atoms with Crippen LogP contribution in [0.4, 0.5) is 0 Å². The van der Waals surface area contributed by atoms with E-state index in [1.165, 1.54) is 4.90 Å². The van der Waals surface area contributed by atoms with Crippen LogP contribution in [0.25, 0.3) is 16.6 Å². The van der Waals surface area contributed by atoms with Crippen LogP contribution in [0.3, 0.4) is 0 Å². The van der Waals surface area contributed by atoms with Gasteiger partial charge in [0.15, 0.2) is 0 Å². The van der Waals surface area contributed by atoms with Gasteiger partial charge in [0.1, 0.15) is 17.4 Å². The molecular weight excluding hydrogens is 552 g/mol. The lowest BCUT2D eigenvalue weighted by atomic mass is 10.0. The number of aryl methyl sites for hydroxylation is 1. The number of fused-ring (bicyclic) bond motifs is 2. The predicted molar refractivity (Wildman–Crippen MR) is 162 cm³/mol. The van der Waals surface area contributed by atoms with E-state index in [2.05, 4.69) is 32.4 Å². The Bertz CT molecular complexity index is 1850. The molecule has 0 spiro atoms. The Morgan fingerprint density at radius 1 is 1.17 bits per heavy atom. The van der Waals surface area contributed by atoms with Crippen molar-refractivity contribution in [2.45, 2.75) is 19.4 Å². The highest BCUT2D eigenvalue weighted by Crippen LogP contribution is 2.26. The van der Waals surface area contributed by atoms with Gasteiger partial charge in [-0.1, -0.05) is 41.8 Å². The van der Waals surface area contributed by atoms with E-state index in [4.69, 9.17) is 11.6 Å². The average molecular weight is 581 g/mol. The molecule has 0 aliphatic rings. The second kappa shape index (κ2) is 12.6. The van der Waals surface area contributed by atoms with Crippen molar-refractivity contribution in [1.82, 2.24) is 29.9 Å². The number of pyridine rings is 1. The highest BCUT2D eigenvalue weighted by molar-refractivity contribution is 6.35. The van der Waals surface area contributed by atoms with Crippen molar-refractivity contribution in [3.05, 3.63) is 106 Å². The molecule has 42 heavy (non-hydrogen) atoms. The molecule has 212 valence electrons. The van der Waals surface area contributed by atoms with E-state index in [1.54, 1.807) is 37.6 Å². The first-order valence-electron chi connectivity index (χ1n) is 13.4. The van der Waals surface area contributed by atoms with Crippen LogP contribution in [0.5, 0.6) is 0 Å². The van der Waals surface area contributed by atoms with Crippen LogP contribution in [0, 0.1) is 18.8 Å². The zero-order valence-corrected chi connectivity index (χ0v) is 23.9. The Kier molecular flexibility index (Phi) is 8.55. The molecule has 5 aromatic rings. The van der Waals surface area contributed by atoms with Gasteiger partial charge < -0.3 is 20.5 Å². The van der Waals surface area contributed by atoms with Crippen LogP contribution in [0.2, 0.25) is 5.02 Å². The molecule has 0 saturated carbocycles. The molecular formula is C32H29ClN6O3. The Hall–Kier alpha value is -5.07. The third-order valence-corrected chi connectivity index (χ3v) is 7.41. The minimum Gasteiger partial charge on any atom is -0.360 e. The number of aromatic amines is 1. The van der Waals surface area contributed by atoms with Gasteiger partial charge in [0.05, 0.1) is 16.7 Å². The van der Waals surface area contributed by atoms with E-state index in [9.17, 15) is 14.4 Å². The second-order valence-electron chi connectivity index (χ2n) is 9.89. The summed E-state index contributed by atoms with van der Waals surface area (Å²) in [7, 11) is 1.64. The summed E-state index contributed by atoms with van der Waals surface area (Å²) in [5, 5.41) is 6.97. The summed E-state index contributed by atoms with van der Waals surface area (Å²) in [5.41, 5.74) is 5.36. The number of nitrogens with one attached hydrogen (secondary N) is 3. The molecule has 9 nitrogen and oxygen atoms in total. The molecule has 0 bridgehead atoms. The van der Waals surface area contributed by atoms with Crippen molar-refractivity contribution >= 4 is 46.4 Å². The number of hydrogen-bond donors (Lipinski definition) is 3. The van der Waals surface area contributed by atoms with Gasteiger partial charge in [0.25, 0.3) is 5.91 Å². The number of benzene rings is 2. The lowest BCUT2D eigenvalue weighted by Gasteiger charge is -2.23. The number of likely N-dealkylation sites (N-methyl/N-ethyl adjacent to an activating group) is 1. The molecule has 0 fully saturated rings. The smallest absolute Gasteiger partial charge is 0.251 e. The fourth-order valence-electron chi connectivity index (χ4n) is 4.73. The van der Waals surface area contributed by atoms with E-state index < -0.39 is 6.04 Å². The van der Waals surface area contributed by atoms with Crippen molar-refractivity contribution in [3.8, 4) is 11.8 Å². The van der Waals surface area contributed by atoms with E-state index >= 15 is 0 Å². The zero-order chi connectivity index (χ0) is 29.6. The third-order valence-electron chi connectivity index (χ3n) is 7.09. The van der Waals surface area contributed by atoms with E-state index in [0.717, 1.165) is 38.9 Å². The Labute approximate surface area is 247 Å². The summed E-state index contributed by atoms with van der Waals surface area (Å²) in [6, 6.07) is 15.9. The number of rotatable bonds is 9. The number of nitrogens with zero attached hydrogens (tertiary/aromatic N) is 3. The van der Waals surface area contributed by atoms with Gasteiger partial charge in [0, 0.05) is 55.5 Å². The Morgan fingerprint density at radius 3 is 2.86 bits per heavy atom. The molecule has 2 aromatic carbocycles. The lowest BCUT2D eigenvalue weighted by Crippen LogP contribution is -2.47. The molecule has 3 heterocycles. The predicted octanol–water partition coefficient (Wildman–Crippen LogP) is 3.72. The number of aromatic nitrogens is 3. The van der Waals surface area contributed by atoms with Crippen molar-refractivity contribution < 1.29 is 14.4 Å². The molecule has 5 rings (SSSR count). The van der Waals surface area contributed by atoms with Crippen molar-refractivity contribution in [1.29, 1.82) is 0 Å². The minimum absolute atomic E-state index is 0.230. The van der Waals surface area contributed by atoms with Gasteiger partial charge in [-0.15, -0.1) is 0 Å². The van der Waals surface area contributed by atoms with Gasteiger partial charge >= 0.3 is 0 Å². The molecule has 0 saturated heterocycles. The Morgan fingerprint density at radius 2 is 2.02 bits per heavy atom. The first-order chi connectivity index (χ1) is 20.4. The number of H-pyrrole nitrogens is 1. The zero-order valence-electron chi connectivity index (χ0n) is 23.1. The number of para-hydroxylation sites is 1. The van der Waals surface area contributed by atoms with Gasteiger partial charge in [-0.25, -0.2) is 4.98 Å². The lowest BCUT2D eigenvalue weighted by molar-refractivity contribution is -0.133. The van der Waals surface area contributed by atoms with Crippen LogP contribution in [0.1, 0.15) is 32.7 Å². The third kappa shape index (κ3) is 6.14. The summed E-state index contributed by atoms with van der Waals surface area (Å²) < 4.78 is 1.90. The van der Waals surface area contributed by atoms with Crippen LogP contribution in [-0.2, 0) is 16.0 Å². The SMILES string of the molecule is Cc1ccc(C(=O)NCCN(C)C(=O)C(Cc2c[nH]c3c(Cl)cccc23)NC=O)cc1C#Cc1cnc2ccccn12. The topological polar surface area (TPSA) is 112 Å². The van der Waals surface area contributed by atoms with Gasteiger partial charge in [0.2, 0.25) is 12.3 Å². The number of amides is 3. The van der Waals surface area contributed by atoms with Crippen LogP contribution >= 0.6 is 11.6 Å². The number of imidazole rings is 1. The molecule has 3 amide bonds. The van der Waals surface area contributed by atoms with Gasteiger partial charge in [-0.3, -0.25) is 18.8 Å². The quantitative estimate of drug-likeness (QED) is 0.182. The fraction of sp³-hybridized carbons (Fsp3) is 0.188. The van der Waals surface area contributed by atoms with E-state index in [-0.39, 0.29) is 31.3 Å². The molecule has 0 radical (unpaired) electrons. The minimum atomic E-state index is -0.771. The molecule has 3 N–H and O–H groups in total.